The normalized spacial score (nSPS) is 12.7. The van der Waals surface area contributed by atoms with Gasteiger partial charge < -0.3 is 20.3 Å². The fraction of sp³-hybridized carbons (Fsp3) is 0.926. The van der Waals surface area contributed by atoms with E-state index in [1.54, 1.807) is 0 Å². The third-order valence-corrected chi connectivity index (χ3v) is 12.6. The van der Waals surface area contributed by atoms with Crippen molar-refractivity contribution in [1.29, 1.82) is 0 Å². The molecule has 0 bridgehead atoms. The number of rotatable bonds is 50. The van der Waals surface area contributed by atoms with Gasteiger partial charge in [-0.1, -0.05) is 244 Å². The second-order valence-electron chi connectivity index (χ2n) is 18.6. The minimum absolute atomic E-state index is 0.0000861. The molecule has 0 aliphatic rings. The molecule has 0 aromatic rings. The van der Waals surface area contributed by atoms with Gasteiger partial charge in [0.1, 0.15) is 0 Å². The first-order chi connectivity index (χ1) is 29.5. The van der Waals surface area contributed by atoms with Crippen molar-refractivity contribution < 1.29 is 24.5 Å². The Kier molecular flexibility index (Phi) is 49.1. The Bertz CT molecular complexity index is 893. The van der Waals surface area contributed by atoms with Crippen molar-refractivity contribution in [3.8, 4) is 0 Å². The lowest BCUT2D eigenvalue weighted by Gasteiger charge is -2.22. The Morgan fingerprint density at radius 3 is 1.18 bits per heavy atom. The number of amides is 1. The minimum Gasteiger partial charge on any atom is -0.466 e. The molecule has 356 valence electrons. The van der Waals surface area contributed by atoms with E-state index in [1.807, 2.05) is 0 Å². The molecule has 0 saturated carbocycles. The number of hydrogen-bond acceptors (Lipinski definition) is 5. The summed E-state index contributed by atoms with van der Waals surface area (Å²) in [5.74, 6) is -0.0464. The van der Waals surface area contributed by atoms with Crippen molar-refractivity contribution in [2.75, 3.05) is 13.2 Å². The molecular formula is C54H105NO5. The number of unbranched alkanes of at least 4 members (excludes halogenated alkanes) is 37. The maximum absolute atomic E-state index is 12.4. The summed E-state index contributed by atoms with van der Waals surface area (Å²) in [6.07, 6.45) is 57.6. The van der Waals surface area contributed by atoms with E-state index < -0.39 is 12.1 Å². The smallest absolute Gasteiger partial charge is 0.305 e. The van der Waals surface area contributed by atoms with E-state index in [1.165, 1.54) is 212 Å². The van der Waals surface area contributed by atoms with Crippen molar-refractivity contribution in [1.82, 2.24) is 5.32 Å². The number of carbonyl (C=O) groups is 2. The third-order valence-electron chi connectivity index (χ3n) is 12.6. The summed E-state index contributed by atoms with van der Waals surface area (Å²) >= 11 is 0. The van der Waals surface area contributed by atoms with E-state index in [4.69, 9.17) is 4.74 Å². The standard InChI is InChI=1S/C54H105NO5/c1-3-5-7-9-11-13-15-22-26-30-34-38-42-46-52(57)51(50-56)55-53(58)47-43-39-35-31-27-24-20-18-17-19-21-25-29-33-37-41-45-49-60-54(59)48-44-40-36-32-28-23-16-14-12-10-8-6-4-2/h17,19,51-52,56-57H,3-16,18,20-50H2,1-2H3,(H,55,58)/b19-17-. The summed E-state index contributed by atoms with van der Waals surface area (Å²) in [6, 6.07) is -0.548. The van der Waals surface area contributed by atoms with Gasteiger partial charge in [0.2, 0.25) is 5.91 Å². The first-order valence-corrected chi connectivity index (χ1v) is 26.9. The van der Waals surface area contributed by atoms with Crippen LogP contribution in [-0.2, 0) is 14.3 Å². The number of aliphatic hydroxyl groups is 2. The van der Waals surface area contributed by atoms with E-state index in [2.05, 4.69) is 31.3 Å². The zero-order valence-electron chi connectivity index (χ0n) is 40.5. The van der Waals surface area contributed by atoms with E-state index in [0.29, 0.717) is 25.9 Å². The van der Waals surface area contributed by atoms with Crippen LogP contribution in [0.25, 0.3) is 0 Å². The van der Waals surface area contributed by atoms with Crippen molar-refractivity contribution in [2.24, 2.45) is 0 Å². The first-order valence-electron chi connectivity index (χ1n) is 26.9. The maximum Gasteiger partial charge on any atom is 0.305 e. The van der Waals surface area contributed by atoms with Gasteiger partial charge in [-0.25, -0.2) is 0 Å². The highest BCUT2D eigenvalue weighted by molar-refractivity contribution is 5.76. The molecule has 0 spiro atoms. The summed E-state index contributed by atoms with van der Waals surface area (Å²) in [6.45, 7) is 4.94. The Morgan fingerprint density at radius 1 is 0.450 bits per heavy atom. The molecule has 6 heteroatoms. The molecule has 0 rings (SSSR count). The Morgan fingerprint density at radius 2 is 0.783 bits per heavy atom. The molecule has 0 aromatic heterocycles. The van der Waals surface area contributed by atoms with Gasteiger partial charge in [-0.05, 0) is 51.4 Å². The molecule has 0 aliphatic carbocycles. The predicted molar refractivity (Wildman–Crippen MR) is 260 cm³/mol. The molecular weight excluding hydrogens is 743 g/mol. The Hall–Kier alpha value is -1.40. The Labute approximate surface area is 374 Å². The van der Waals surface area contributed by atoms with Crippen molar-refractivity contribution in [3.05, 3.63) is 12.2 Å². The molecule has 0 fully saturated rings. The largest absolute Gasteiger partial charge is 0.466 e. The number of hydrogen-bond donors (Lipinski definition) is 3. The van der Waals surface area contributed by atoms with Crippen molar-refractivity contribution in [3.63, 3.8) is 0 Å². The van der Waals surface area contributed by atoms with Crippen molar-refractivity contribution in [2.45, 2.75) is 309 Å². The van der Waals surface area contributed by atoms with Crippen LogP contribution in [0, 0.1) is 0 Å². The summed E-state index contributed by atoms with van der Waals surface area (Å²) in [5.41, 5.74) is 0. The molecule has 0 heterocycles. The minimum atomic E-state index is -0.670. The zero-order chi connectivity index (χ0) is 43.7. The van der Waals surface area contributed by atoms with Gasteiger partial charge in [0, 0.05) is 12.8 Å². The van der Waals surface area contributed by atoms with Crippen molar-refractivity contribution >= 4 is 11.9 Å². The average molecular weight is 848 g/mol. The number of allylic oxidation sites excluding steroid dienone is 2. The van der Waals surface area contributed by atoms with E-state index in [-0.39, 0.29) is 18.5 Å². The molecule has 0 radical (unpaired) electrons. The van der Waals surface area contributed by atoms with Crippen LogP contribution >= 0.6 is 0 Å². The van der Waals surface area contributed by atoms with Crippen LogP contribution in [-0.4, -0.2) is 47.4 Å². The summed E-state index contributed by atoms with van der Waals surface area (Å²) in [7, 11) is 0. The summed E-state index contributed by atoms with van der Waals surface area (Å²) < 4.78 is 5.46. The number of aliphatic hydroxyl groups excluding tert-OH is 2. The van der Waals surface area contributed by atoms with Crippen LogP contribution in [0.3, 0.4) is 0 Å². The lowest BCUT2D eigenvalue weighted by molar-refractivity contribution is -0.143. The maximum atomic E-state index is 12.4. The van der Waals surface area contributed by atoms with Gasteiger partial charge in [0.15, 0.2) is 0 Å². The van der Waals surface area contributed by atoms with Crippen LogP contribution in [0.4, 0.5) is 0 Å². The molecule has 1 amide bonds. The van der Waals surface area contributed by atoms with E-state index in [0.717, 1.165) is 51.4 Å². The van der Waals surface area contributed by atoms with Crippen LogP contribution in [0.2, 0.25) is 0 Å². The molecule has 2 unspecified atom stereocenters. The zero-order valence-corrected chi connectivity index (χ0v) is 40.5. The highest BCUT2D eigenvalue weighted by atomic mass is 16.5. The quantitative estimate of drug-likeness (QED) is 0.0322. The number of esters is 1. The lowest BCUT2D eigenvalue weighted by Crippen LogP contribution is -2.45. The van der Waals surface area contributed by atoms with E-state index >= 15 is 0 Å². The van der Waals surface area contributed by atoms with Gasteiger partial charge in [-0.3, -0.25) is 9.59 Å². The molecule has 0 aliphatic heterocycles. The van der Waals surface area contributed by atoms with Gasteiger partial charge in [-0.2, -0.15) is 0 Å². The molecule has 6 nitrogen and oxygen atoms in total. The third kappa shape index (κ3) is 46.1. The van der Waals surface area contributed by atoms with Crippen LogP contribution in [0.15, 0.2) is 12.2 Å². The second-order valence-corrected chi connectivity index (χ2v) is 18.6. The van der Waals surface area contributed by atoms with Gasteiger partial charge in [0.05, 0.1) is 25.4 Å². The summed E-state index contributed by atoms with van der Waals surface area (Å²) in [4.78, 5) is 24.4. The number of ether oxygens (including phenoxy) is 1. The lowest BCUT2D eigenvalue weighted by atomic mass is 10.0. The Balaban J connectivity index is 3.44. The van der Waals surface area contributed by atoms with E-state index in [9.17, 15) is 19.8 Å². The first kappa shape index (κ1) is 58.6. The molecule has 3 N–H and O–H groups in total. The molecule has 2 atom stereocenters. The second kappa shape index (κ2) is 50.2. The average Bonchev–Trinajstić information content (AvgIpc) is 3.25. The van der Waals surface area contributed by atoms with Crippen LogP contribution in [0.5, 0.6) is 0 Å². The fourth-order valence-corrected chi connectivity index (χ4v) is 8.40. The van der Waals surface area contributed by atoms with Gasteiger partial charge in [0.25, 0.3) is 0 Å². The van der Waals surface area contributed by atoms with Crippen LogP contribution < -0.4 is 5.32 Å². The van der Waals surface area contributed by atoms with Gasteiger partial charge >= 0.3 is 5.97 Å². The van der Waals surface area contributed by atoms with Crippen LogP contribution in [0.1, 0.15) is 296 Å². The monoisotopic (exact) mass is 848 g/mol. The highest BCUT2D eigenvalue weighted by Gasteiger charge is 2.20. The highest BCUT2D eigenvalue weighted by Crippen LogP contribution is 2.17. The predicted octanol–water partition coefficient (Wildman–Crippen LogP) is 16.1. The van der Waals surface area contributed by atoms with Gasteiger partial charge in [-0.15, -0.1) is 0 Å². The SMILES string of the molecule is CCCCCCCCCCCCCCCC(=O)OCCCCCCCC/C=C\CCCCCCCCCC(=O)NC(CO)C(O)CCCCCCCCCCCCCCC. The molecule has 60 heavy (non-hydrogen) atoms. The summed E-state index contributed by atoms with van der Waals surface area (Å²) in [5, 5.41) is 23.2. The topological polar surface area (TPSA) is 95.9 Å². The molecule has 0 saturated heterocycles. The number of nitrogens with one attached hydrogen (secondary N) is 1. The fourth-order valence-electron chi connectivity index (χ4n) is 8.40. The molecule has 0 aromatic carbocycles. The number of carbonyl (C=O) groups excluding carboxylic acids is 2.